The molecule has 0 unspecified atom stereocenters. The minimum Gasteiger partial charge on any atom is -0.345 e. The summed E-state index contributed by atoms with van der Waals surface area (Å²) in [5.41, 5.74) is 0.322. The Hall–Kier alpha value is -3.84. The lowest BCUT2D eigenvalue weighted by Crippen LogP contribution is -2.52. The highest BCUT2D eigenvalue weighted by Crippen LogP contribution is 2.25. The summed E-state index contributed by atoms with van der Waals surface area (Å²) in [6.45, 7) is 0.263. The molecule has 0 saturated carbocycles. The number of fused-ring (bicyclic) bond motifs is 1. The Balaban J connectivity index is 1.34. The highest BCUT2D eigenvalue weighted by Gasteiger charge is 2.32. The van der Waals surface area contributed by atoms with Gasteiger partial charge in [0.05, 0.1) is 11.5 Å². The van der Waals surface area contributed by atoms with E-state index in [4.69, 9.17) is 0 Å². The first-order valence-electron chi connectivity index (χ1n) is 10.00. The number of non-ortho nitro benzene ring substituents is 1. The number of hydrogen-bond donors (Lipinski definition) is 2. The van der Waals surface area contributed by atoms with Crippen LogP contribution in [0.25, 0.3) is 11.0 Å². The Bertz CT molecular complexity index is 1330. The highest BCUT2D eigenvalue weighted by atomic mass is 32.2. The molecule has 2 amide bonds. The van der Waals surface area contributed by atoms with Gasteiger partial charge in [-0.2, -0.15) is 4.31 Å². The quantitative estimate of drug-likeness (QED) is 0.395. The number of carbonyl (C=O) groups excluding carboxylic acids is 2. The zero-order valence-electron chi connectivity index (χ0n) is 17.3. The molecule has 2 N–H and O–H groups in total. The van der Waals surface area contributed by atoms with Crippen LogP contribution in [0.3, 0.4) is 0 Å². The third-order valence-corrected chi connectivity index (χ3v) is 7.28. The Morgan fingerprint density at radius 2 is 1.91 bits per heavy atom. The van der Waals surface area contributed by atoms with E-state index in [9.17, 15) is 28.1 Å². The average Bonchev–Trinajstić information content (AvgIpc) is 3.27. The van der Waals surface area contributed by atoms with Crippen LogP contribution in [0.2, 0.25) is 0 Å². The number of nitro groups is 1. The molecule has 0 aliphatic carbocycles. The van der Waals surface area contributed by atoms with E-state index >= 15 is 0 Å². The summed E-state index contributed by atoms with van der Waals surface area (Å²) in [5.74, 6) is -0.983. The Labute approximate surface area is 188 Å². The molecule has 2 aromatic heterocycles. The molecule has 1 fully saturated rings. The van der Waals surface area contributed by atoms with E-state index < -0.39 is 20.9 Å². The number of rotatable bonds is 6. The molecule has 1 aromatic carbocycles. The Morgan fingerprint density at radius 3 is 2.64 bits per heavy atom. The standard InChI is InChI=1S/C20H20N6O6S/c27-18(13-23-20(28)14-3-1-4-15(11-14)26(29)30)24-7-9-25(10-8-24)33(31,32)17-12-22-19-16(17)5-2-6-21-19/h1-6,11-12H,7-10,13H2,(H,21,22)(H,23,28). The van der Waals surface area contributed by atoms with Gasteiger partial charge in [0.25, 0.3) is 11.6 Å². The summed E-state index contributed by atoms with van der Waals surface area (Å²) in [6, 6.07) is 8.53. The fraction of sp³-hybridized carbons (Fsp3) is 0.250. The lowest BCUT2D eigenvalue weighted by Gasteiger charge is -2.34. The van der Waals surface area contributed by atoms with Crippen LogP contribution in [0.5, 0.6) is 0 Å². The maximum absolute atomic E-state index is 13.1. The molecule has 1 aliphatic rings. The number of benzene rings is 1. The molecule has 0 radical (unpaired) electrons. The van der Waals surface area contributed by atoms with Gasteiger partial charge in [-0.3, -0.25) is 19.7 Å². The third kappa shape index (κ3) is 4.54. The second-order valence-corrected chi connectivity index (χ2v) is 9.23. The van der Waals surface area contributed by atoms with Crippen molar-refractivity contribution < 1.29 is 22.9 Å². The molecule has 172 valence electrons. The van der Waals surface area contributed by atoms with Gasteiger partial charge in [0, 0.05) is 61.7 Å². The van der Waals surface area contributed by atoms with Crippen LogP contribution in [-0.4, -0.2) is 77.1 Å². The number of aromatic nitrogens is 2. The number of pyridine rings is 1. The van der Waals surface area contributed by atoms with Crippen LogP contribution in [-0.2, 0) is 14.8 Å². The molecule has 33 heavy (non-hydrogen) atoms. The lowest BCUT2D eigenvalue weighted by molar-refractivity contribution is -0.384. The van der Waals surface area contributed by atoms with Crippen molar-refractivity contribution in [1.82, 2.24) is 24.5 Å². The van der Waals surface area contributed by atoms with Gasteiger partial charge in [-0.1, -0.05) is 6.07 Å². The maximum atomic E-state index is 13.1. The first-order chi connectivity index (χ1) is 15.8. The lowest BCUT2D eigenvalue weighted by atomic mass is 10.2. The number of nitro benzene ring substituents is 1. The van der Waals surface area contributed by atoms with Crippen LogP contribution >= 0.6 is 0 Å². The minimum atomic E-state index is -3.77. The fourth-order valence-electron chi connectivity index (χ4n) is 3.59. The van der Waals surface area contributed by atoms with Gasteiger partial charge in [-0.15, -0.1) is 0 Å². The van der Waals surface area contributed by atoms with Crippen molar-refractivity contribution in [3.63, 3.8) is 0 Å². The van der Waals surface area contributed by atoms with Crippen LogP contribution in [0.15, 0.2) is 53.7 Å². The van der Waals surface area contributed by atoms with Crippen molar-refractivity contribution >= 4 is 38.6 Å². The van der Waals surface area contributed by atoms with Gasteiger partial charge < -0.3 is 15.2 Å². The molecule has 3 aromatic rings. The zero-order valence-corrected chi connectivity index (χ0v) is 18.1. The monoisotopic (exact) mass is 472 g/mol. The van der Waals surface area contributed by atoms with Crippen LogP contribution in [0.1, 0.15) is 10.4 Å². The number of sulfonamides is 1. The summed E-state index contributed by atoms with van der Waals surface area (Å²) in [6.07, 6.45) is 2.98. The molecule has 0 atom stereocenters. The van der Waals surface area contributed by atoms with Crippen LogP contribution in [0.4, 0.5) is 5.69 Å². The van der Waals surface area contributed by atoms with E-state index in [-0.39, 0.29) is 54.8 Å². The minimum absolute atomic E-state index is 0.0705. The summed E-state index contributed by atoms with van der Waals surface area (Å²) in [7, 11) is -3.77. The van der Waals surface area contributed by atoms with Gasteiger partial charge in [-0.05, 0) is 18.2 Å². The number of aromatic amines is 1. The number of hydrogen-bond acceptors (Lipinski definition) is 7. The molecule has 1 saturated heterocycles. The maximum Gasteiger partial charge on any atom is 0.270 e. The van der Waals surface area contributed by atoms with Crippen molar-refractivity contribution in [2.75, 3.05) is 32.7 Å². The van der Waals surface area contributed by atoms with Gasteiger partial charge in [0.15, 0.2) is 0 Å². The smallest absolute Gasteiger partial charge is 0.270 e. The molecule has 0 spiro atoms. The Kier molecular flexibility index (Phi) is 6.07. The second-order valence-electron chi connectivity index (χ2n) is 7.33. The summed E-state index contributed by atoms with van der Waals surface area (Å²) >= 11 is 0. The summed E-state index contributed by atoms with van der Waals surface area (Å²) < 4.78 is 27.4. The molecule has 4 rings (SSSR count). The van der Waals surface area contributed by atoms with Crippen molar-refractivity contribution in [1.29, 1.82) is 0 Å². The summed E-state index contributed by atoms with van der Waals surface area (Å²) in [4.78, 5) is 43.5. The van der Waals surface area contributed by atoms with Crippen LogP contribution < -0.4 is 5.32 Å². The van der Waals surface area contributed by atoms with Crippen molar-refractivity contribution in [2.24, 2.45) is 0 Å². The van der Waals surface area contributed by atoms with E-state index in [1.807, 2.05) is 0 Å². The van der Waals surface area contributed by atoms with E-state index in [1.165, 1.54) is 33.6 Å². The fourth-order valence-corrected chi connectivity index (χ4v) is 5.16. The van der Waals surface area contributed by atoms with Crippen LogP contribution in [0, 0.1) is 10.1 Å². The van der Waals surface area contributed by atoms with Gasteiger partial charge in [0.1, 0.15) is 10.5 Å². The average molecular weight is 472 g/mol. The van der Waals surface area contributed by atoms with Gasteiger partial charge in [0.2, 0.25) is 15.9 Å². The molecule has 13 heteroatoms. The number of piperazine rings is 1. The third-order valence-electron chi connectivity index (χ3n) is 5.34. The first kappa shape index (κ1) is 22.4. The van der Waals surface area contributed by atoms with Gasteiger partial charge in [-0.25, -0.2) is 13.4 Å². The van der Waals surface area contributed by atoms with Crippen molar-refractivity contribution in [2.45, 2.75) is 4.90 Å². The second kappa shape index (κ2) is 8.96. The molecule has 12 nitrogen and oxygen atoms in total. The number of nitrogens with one attached hydrogen (secondary N) is 2. The molecular weight excluding hydrogens is 452 g/mol. The van der Waals surface area contributed by atoms with E-state index in [2.05, 4.69) is 15.3 Å². The molecule has 1 aliphatic heterocycles. The van der Waals surface area contributed by atoms with E-state index in [1.54, 1.807) is 18.3 Å². The summed E-state index contributed by atoms with van der Waals surface area (Å²) in [5, 5.41) is 13.8. The first-order valence-corrected chi connectivity index (χ1v) is 11.4. The normalized spacial score (nSPS) is 14.8. The van der Waals surface area contributed by atoms with Gasteiger partial charge >= 0.3 is 0 Å². The predicted molar refractivity (Wildman–Crippen MR) is 117 cm³/mol. The highest BCUT2D eigenvalue weighted by molar-refractivity contribution is 7.89. The number of H-pyrrole nitrogens is 1. The topological polar surface area (TPSA) is 159 Å². The SMILES string of the molecule is O=C(NCC(=O)N1CCN(S(=O)(=O)c2c[nH]c3ncccc23)CC1)c1cccc([N+](=O)[O-])c1. The number of nitrogens with zero attached hydrogens (tertiary/aromatic N) is 4. The number of amides is 2. The number of carbonyl (C=O) groups is 2. The molecule has 0 bridgehead atoms. The largest absolute Gasteiger partial charge is 0.345 e. The zero-order chi connectivity index (χ0) is 23.6. The van der Waals surface area contributed by atoms with E-state index in [0.29, 0.717) is 11.0 Å². The molecule has 3 heterocycles. The molecular formula is C20H20N6O6S. The van der Waals surface area contributed by atoms with Crippen molar-refractivity contribution in [3.8, 4) is 0 Å². The Morgan fingerprint density at radius 1 is 1.15 bits per heavy atom. The van der Waals surface area contributed by atoms with E-state index in [0.717, 1.165) is 6.07 Å². The predicted octanol–water partition coefficient (Wildman–Crippen LogP) is 0.734. The van der Waals surface area contributed by atoms with Crippen molar-refractivity contribution in [3.05, 3.63) is 64.5 Å².